The summed E-state index contributed by atoms with van der Waals surface area (Å²) in [7, 11) is 0. The van der Waals surface area contributed by atoms with E-state index in [9.17, 15) is 4.79 Å². The summed E-state index contributed by atoms with van der Waals surface area (Å²) in [6.07, 6.45) is 2.99. The van der Waals surface area contributed by atoms with Crippen molar-refractivity contribution >= 4 is 51.9 Å². The van der Waals surface area contributed by atoms with E-state index in [0.717, 1.165) is 16.8 Å². The third kappa shape index (κ3) is 4.82. The van der Waals surface area contributed by atoms with Crippen LogP contribution < -0.4 is 5.32 Å². The number of halogens is 2. The van der Waals surface area contributed by atoms with Crippen molar-refractivity contribution in [3.8, 4) is 17.0 Å². The Balaban J connectivity index is 1.28. The zero-order valence-corrected chi connectivity index (χ0v) is 18.6. The lowest BCUT2D eigenvalue weighted by molar-refractivity contribution is -0.111. The van der Waals surface area contributed by atoms with Gasteiger partial charge in [0.1, 0.15) is 22.6 Å². The first-order valence-corrected chi connectivity index (χ1v) is 10.8. The van der Waals surface area contributed by atoms with Crippen molar-refractivity contribution in [3.05, 3.63) is 101 Å². The highest BCUT2D eigenvalue weighted by Crippen LogP contribution is 2.29. The topological polar surface area (TPSA) is 73.0 Å². The fraction of sp³-hybridized carbons (Fsp3) is 0. The second-order valence-electron chi connectivity index (χ2n) is 7.21. The van der Waals surface area contributed by atoms with E-state index < -0.39 is 0 Å². The van der Waals surface area contributed by atoms with E-state index in [-0.39, 0.29) is 5.91 Å². The third-order valence-electron chi connectivity index (χ3n) is 4.81. The minimum atomic E-state index is -0.298. The summed E-state index contributed by atoms with van der Waals surface area (Å²) in [6, 6.07) is 23.7. The van der Waals surface area contributed by atoms with Gasteiger partial charge in [0.2, 0.25) is 5.91 Å². The molecule has 0 unspecified atom stereocenters. The number of nitrogens with zero attached hydrogens (tertiary/aromatic N) is 3. The van der Waals surface area contributed by atoms with Crippen LogP contribution >= 0.6 is 23.2 Å². The lowest BCUT2D eigenvalue weighted by atomic mass is 10.2. The first kappa shape index (κ1) is 21.0. The van der Waals surface area contributed by atoms with Gasteiger partial charge in [-0.3, -0.25) is 4.79 Å². The van der Waals surface area contributed by atoms with Crippen LogP contribution in [0.4, 0.5) is 5.69 Å². The molecule has 2 aromatic heterocycles. The van der Waals surface area contributed by atoms with Gasteiger partial charge in [-0.2, -0.15) is 4.80 Å². The quantitative estimate of drug-likeness (QED) is 0.289. The molecule has 5 aromatic rings. The highest BCUT2D eigenvalue weighted by Gasteiger charge is 2.08. The third-order valence-corrected chi connectivity index (χ3v) is 5.24. The standard InChI is InChI=1S/C25H16Cl2N4O2/c26-17-12-16(13-18(27)14-17)24-10-7-21(33-24)8-11-25(32)28-19-6-9-22-23(15-19)30-31(29-22)20-4-2-1-3-5-20/h1-15H,(H,28,32)/b11-8+. The maximum Gasteiger partial charge on any atom is 0.248 e. The monoisotopic (exact) mass is 474 g/mol. The van der Waals surface area contributed by atoms with Crippen LogP contribution in [0.3, 0.4) is 0 Å². The Morgan fingerprint density at radius 1 is 0.879 bits per heavy atom. The Bertz CT molecular complexity index is 1470. The number of para-hydroxylation sites is 1. The number of amides is 1. The molecule has 0 radical (unpaired) electrons. The summed E-state index contributed by atoms with van der Waals surface area (Å²) in [5.74, 6) is 0.831. The Kier molecular flexibility index (Phi) is 5.69. The van der Waals surface area contributed by atoms with E-state index >= 15 is 0 Å². The van der Waals surface area contributed by atoms with Gasteiger partial charge in [-0.15, -0.1) is 10.2 Å². The van der Waals surface area contributed by atoms with Crippen molar-refractivity contribution in [2.24, 2.45) is 0 Å². The molecule has 0 saturated heterocycles. The maximum atomic E-state index is 12.4. The number of furan rings is 1. The number of hydrogen-bond acceptors (Lipinski definition) is 4. The molecule has 162 valence electrons. The molecule has 2 heterocycles. The first-order valence-electron chi connectivity index (χ1n) is 10.0. The number of rotatable bonds is 5. The predicted octanol–water partition coefficient (Wildman–Crippen LogP) is 6.64. The molecule has 33 heavy (non-hydrogen) atoms. The van der Waals surface area contributed by atoms with Crippen LogP contribution in [-0.4, -0.2) is 20.9 Å². The normalized spacial score (nSPS) is 11.3. The molecular formula is C25H16Cl2N4O2. The van der Waals surface area contributed by atoms with E-state index in [1.165, 1.54) is 6.08 Å². The second-order valence-corrected chi connectivity index (χ2v) is 8.08. The summed E-state index contributed by atoms with van der Waals surface area (Å²) >= 11 is 12.1. The molecule has 1 amide bonds. The average Bonchev–Trinajstić information content (AvgIpc) is 3.45. The summed E-state index contributed by atoms with van der Waals surface area (Å²) in [5, 5.41) is 12.8. The summed E-state index contributed by atoms with van der Waals surface area (Å²) in [4.78, 5) is 14.0. The van der Waals surface area contributed by atoms with Gasteiger partial charge in [-0.25, -0.2) is 0 Å². The van der Waals surface area contributed by atoms with Crippen molar-refractivity contribution in [3.63, 3.8) is 0 Å². The Morgan fingerprint density at radius 3 is 2.42 bits per heavy atom. The van der Waals surface area contributed by atoms with E-state index in [0.29, 0.717) is 32.8 Å². The van der Waals surface area contributed by atoms with Gasteiger partial charge in [0, 0.05) is 27.4 Å². The number of aromatic nitrogens is 3. The molecule has 0 fully saturated rings. The van der Waals surface area contributed by atoms with Gasteiger partial charge in [-0.1, -0.05) is 41.4 Å². The maximum absolute atomic E-state index is 12.4. The van der Waals surface area contributed by atoms with Crippen LogP contribution in [-0.2, 0) is 4.79 Å². The van der Waals surface area contributed by atoms with Gasteiger partial charge in [-0.05, 0) is 66.7 Å². The van der Waals surface area contributed by atoms with Crippen LogP contribution in [0.5, 0.6) is 0 Å². The molecule has 6 nitrogen and oxygen atoms in total. The van der Waals surface area contributed by atoms with Gasteiger partial charge in [0.05, 0.1) is 5.69 Å². The van der Waals surface area contributed by atoms with Crippen molar-refractivity contribution in [2.45, 2.75) is 0 Å². The number of fused-ring (bicyclic) bond motifs is 1. The SMILES string of the molecule is O=C(/C=C/c1ccc(-c2cc(Cl)cc(Cl)c2)o1)Nc1ccc2nn(-c3ccccc3)nc2c1. The van der Waals surface area contributed by atoms with Gasteiger partial charge >= 0.3 is 0 Å². The lowest BCUT2D eigenvalue weighted by Crippen LogP contribution is -2.07. The molecule has 5 rings (SSSR count). The van der Waals surface area contributed by atoms with Crippen LogP contribution in [0.15, 0.2) is 89.4 Å². The highest BCUT2D eigenvalue weighted by atomic mass is 35.5. The van der Waals surface area contributed by atoms with Crippen LogP contribution in [0.2, 0.25) is 10.0 Å². The largest absolute Gasteiger partial charge is 0.457 e. The van der Waals surface area contributed by atoms with Crippen molar-refractivity contribution in [1.29, 1.82) is 0 Å². The Labute approximate surface area is 199 Å². The first-order chi connectivity index (χ1) is 16.0. The Morgan fingerprint density at radius 2 is 1.64 bits per heavy atom. The minimum Gasteiger partial charge on any atom is -0.457 e. The van der Waals surface area contributed by atoms with Gasteiger partial charge < -0.3 is 9.73 Å². The molecule has 1 N–H and O–H groups in total. The minimum absolute atomic E-state index is 0.298. The zero-order valence-electron chi connectivity index (χ0n) is 17.1. The van der Waals surface area contributed by atoms with Gasteiger partial charge in [0.25, 0.3) is 0 Å². The second kappa shape index (κ2) is 8.94. The number of carbonyl (C=O) groups is 1. The fourth-order valence-electron chi connectivity index (χ4n) is 3.30. The number of hydrogen-bond donors (Lipinski definition) is 1. The van der Waals surface area contributed by atoms with Crippen molar-refractivity contribution < 1.29 is 9.21 Å². The average molecular weight is 475 g/mol. The number of anilines is 1. The smallest absolute Gasteiger partial charge is 0.248 e. The van der Waals surface area contributed by atoms with Crippen molar-refractivity contribution in [2.75, 3.05) is 5.32 Å². The zero-order chi connectivity index (χ0) is 22.8. The number of nitrogens with one attached hydrogen (secondary N) is 1. The summed E-state index contributed by atoms with van der Waals surface area (Å²) in [6.45, 7) is 0. The van der Waals surface area contributed by atoms with E-state index in [1.54, 1.807) is 53.3 Å². The van der Waals surface area contributed by atoms with Crippen LogP contribution in [0, 0.1) is 0 Å². The molecule has 0 atom stereocenters. The predicted molar refractivity (Wildman–Crippen MR) is 131 cm³/mol. The molecular weight excluding hydrogens is 459 g/mol. The number of benzene rings is 3. The molecule has 0 aliphatic heterocycles. The molecule has 3 aromatic carbocycles. The Hall–Kier alpha value is -3.87. The van der Waals surface area contributed by atoms with Crippen LogP contribution in [0.1, 0.15) is 5.76 Å². The summed E-state index contributed by atoms with van der Waals surface area (Å²) in [5.41, 5.74) is 3.65. The molecule has 0 aliphatic rings. The van der Waals surface area contributed by atoms with Crippen LogP contribution in [0.25, 0.3) is 34.1 Å². The summed E-state index contributed by atoms with van der Waals surface area (Å²) < 4.78 is 5.78. The molecule has 0 aliphatic carbocycles. The molecule has 0 saturated carbocycles. The van der Waals surface area contributed by atoms with E-state index in [4.69, 9.17) is 27.6 Å². The van der Waals surface area contributed by atoms with E-state index in [1.807, 2.05) is 36.4 Å². The molecule has 0 bridgehead atoms. The lowest BCUT2D eigenvalue weighted by Gasteiger charge is -2.01. The number of carbonyl (C=O) groups excluding carboxylic acids is 1. The highest BCUT2D eigenvalue weighted by molar-refractivity contribution is 6.35. The van der Waals surface area contributed by atoms with E-state index in [2.05, 4.69) is 15.5 Å². The molecule has 0 spiro atoms. The fourth-order valence-corrected chi connectivity index (χ4v) is 3.83. The molecule has 8 heteroatoms. The van der Waals surface area contributed by atoms with Crippen molar-refractivity contribution in [1.82, 2.24) is 15.0 Å². The van der Waals surface area contributed by atoms with Gasteiger partial charge in [0.15, 0.2) is 0 Å².